The molecule has 0 aliphatic carbocycles. The number of benzene rings is 8. The fourth-order valence-electron chi connectivity index (χ4n) is 6.45. The molecule has 0 unspecified atom stereocenters. The van der Waals surface area contributed by atoms with Gasteiger partial charge in [0.15, 0.2) is 0 Å². The molecule has 0 spiro atoms. The molecule has 0 bridgehead atoms. The molecular weight excluding hydrogens is 504 g/mol. The summed E-state index contributed by atoms with van der Waals surface area (Å²) in [6.45, 7) is 0. The van der Waals surface area contributed by atoms with Gasteiger partial charge in [-0.15, -0.1) is 0 Å². The zero-order valence-electron chi connectivity index (χ0n) is 23.2. The van der Waals surface area contributed by atoms with Gasteiger partial charge in [-0.05, 0) is 95.0 Å². The van der Waals surface area contributed by atoms with Crippen LogP contribution in [0.2, 0.25) is 0 Å². The summed E-state index contributed by atoms with van der Waals surface area (Å²) in [7, 11) is 0. The van der Waals surface area contributed by atoms with Crippen molar-refractivity contribution in [3.05, 3.63) is 170 Å². The third-order valence-corrected chi connectivity index (χ3v) is 8.43. The fourth-order valence-corrected chi connectivity index (χ4v) is 6.45. The van der Waals surface area contributed by atoms with Crippen LogP contribution in [0.3, 0.4) is 0 Å². The van der Waals surface area contributed by atoms with E-state index in [1.165, 1.54) is 76.8 Å². The van der Waals surface area contributed by atoms with Crippen LogP contribution in [-0.2, 0) is 0 Å². The first kappa shape index (κ1) is 24.3. The Kier molecular flexibility index (Phi) is 5.90. The highest BCUT2D eigenvalue weighted by Gasteiger charge is 2.17. The van der Waals surface area contributed by atoms with Gasteiger partial charge in [-0.1, -0.05) is 152 Å². The molecule has 8 aromatic rings. The molecule has 0 atom stereocenters. The standard InChI is InChI=1S/C42H28/c1-3-12-29(13-4-1)32-16-11-17-34(26-32)41-37-18-7-9-20-39(37)42(40-21-10-8-19-38(40)41)35-25-23-31-22-24-33(27-36(31)28-35)30-14-5-2-6-15-30/h1-28H. The summed E-state index contributed by atoms with van der Waals surface area (Å²) < 4.78 is 0. The SMILES string of the molecule is c1ccc(-c2cccc(-c3c4ccccc4c(-c4ccc5ccc(-c6ccccc6)cc5c4)c4ccccc34)c2)cc1. The lowest BCUT2D eigenvalue weighted by Gasteiger charge is -2.18. The molecule has 0 aromatic heterocycles. The maximum Gasteiger partial charge on any atom is -0.00262 e. The summed E-state index contributed by atoms with van der Waals surface area (Å²) in [4.78, 5) is 0. The van der Waals surface area contributed by atoms with Gasteiger partial charge in [-0.25, -0.2) is 0 Å². The van der Waals surface area contributed by atoms with Gasteiger partial charge in [0.25, 0.3) is 0 Å². The van der Waals surface area contributed by atoms with Gasteiger partial charge >= 0.3 is 0 Å². The van der Waals surface area contributed by atoms with Crippen LogP contribution in [0.15, 0.2) is 170 Å². The summed E-state index contributed by atoms with van der Waals surface area (Å²) in [5.74, 6) is 0. The molecule has 0 aliphatic heterocycles. The van der Waals surface area contributed by atoms with Crippen LogP contribution in [0, 0.1) is 0 Å². The van der Waals surface area contributed by atoms with Gasteiger partial charge in [0.2, 0.25) is 0 Å². The molecular formula is C42H28. The molecule has 0 nitrogen and oxygen atoms in total. The molecule has 0 N–H and O–H groups in total. The molecule has 8 rings (SSSR count). The lowest BCUT2D eigenvalue weighted by atomic mass is 9.85. The molecule has 0 aliphatic rings. The van der Waals surface area contributed by atoms with Crippen molar-refractivity contribution >= 4 is 32.3 Å². The lowest BCUT2D eigenvalue weighted by Crippen LogP contribution is -1.91. The van der Waals surface area contributed by atoms with Gasteiger partial charge in [-0.3, -0.25) is 0 Å². The molecule has 0 heteroatoms. The Hall–Kier alpha value is -5.46. The summed E-state index contributed by atoms with van der Waals surface area (Å²) in [5, 5.41) is 7.59. The number of hydrogen-bond donors (Lipinski definition) is 0. The van der Waals surface area contributed by atoms with Crippen molar-refractivity contribution in [3.63, 3.8) is 0 Å². The van der Waals surface area contributed by atoms with E-state index in [-0.39, 0.29) is 0 Å². The van der Waals surface area contributed by atoms with Crippen molar-refractivity contribution in [3.8, 4) is 44.5 Å². The second-order valence-corrected chi connectivity index (χ2v) is 10.9. The first-order chi connectivity index (χ1) is 20.8. The Morgan fingerprint density at radius 3 is 1.14 bits per heavy atom. The molecule has 0 radical (unpaired) electrons. The van der Waals surface area contributed by atoms with Gasteiger partial charge in [0.05, 0.1) is 0 Å². The highest BCUT2D eigenvalue weighted by atomic mass is 14.2. The Morgan fingerprint density at radius 1 is 0.214 bits per heavy atom. The quantitative estimate of drug-likeness (QED) is 0.198. The molecule has 0 saturated carbocycles. The number of hydrogen-bond acceptors (Lipinski definition) is 0. The topological polar surface area (TPSA) is 0 Å². The molecule has 0 saturated heterocycles. The van der Waals surface area contributed by atoms with E-state index in [0.717, 1.165) is 0 Å². The normalized spacial score (nSPS) is 11.3. The van der Waals surface area contributed by atoms with Crippen LogP contribution in [0.4, 0.5) is 0 Å². The maximum absolute atomic E-state index is 2.37. The fraction of sp³-hybridized carbons (Fsp3) is 0. The van der Waals surface area contributed by atoms with E-state index >= 15 is 0 Å². The van der Waals surface area contributed by atoms with Crippen LogP contribution < -0.4 is 0 Å². The zero-order valence-corrected chi connectivity index (χ0v) is 23.2. The van der Waals surface area contributed by atoms with Gasteiger partial charge in [0, 0.05) is 0 Å². The second kappa shape index (κ2) is 10.2. The van der Waals surface area contributed by atoms with E-state index in [9.17, 15) is 0 Å². The molecule has 196 valence electrons. The van der Waals surface area contributed by atoms with Crippen molar-refractivity contribution in [2.45, 2.75) is 0 Å². The van der Waals surface area contributed by atoms with Gasteiger partial charge in [-0.2, -0.15) is 0 Å². The lowest BCUT2D eigenvalue weighted by molar-refractivity contribution is 1.61. The zero-order chi connectivity index (χ0) is 27.9. The third-order valence-electron chi connectivity index (χ3n) is 8.43. The van der Waals surface area contributed by atoms with Crippen LogP contribution in [0.1, 0.15) is 0 Å². The van der Waals surface area contributed by atoms with E-state index in [0.29, 0.717) is 0 Å². The van der Waals surface area contributed by atoms with Crippen molar-refractivity contribution in [2.75, 3.05) is 0 Å². The van der Waals surface area contributed by atoms with E-state index in [1.54, 1.807) is 0 Å². The largest absolute Gasteiger partial charge is 0.0622 e. The number of fused-ring (bicyclic) bond motifs is 3. The van der Waals surface area contributed by atoms with E-state index < -0.39 is 0 Å². The predicted octanol–water partition coefficient (Wildman–Crippen LogP) is 11.8. The third kappa shape index (κ3) is 4.17. The summed E-state index contributed by atoms with van der Waals surface area (Å²) in [6, 6.07) is 61.7. The van der Waals surface area contributed by atoms with Crippen molar-refractivity contribution in [2.24, 2.45) is 0 Å². The highest BCUT2D eigenvalue weighted by Crippen LogP contribution is 2.44. The second-order valence-electron chi connectivity index (χ2n) is 10.9. The highest BCUT2D eigenvalue weighted by molar-refractivity contribution is 6.21. The van der Waals surface area contributed by atoms with Crippen LogP contribution in [-0.4, -0.2) is 0 Å². The Labute approximate surface area is 246 Å². The van der Waals surface area contributed by atoms with Gasteiger partial charge < -0.3 is 0 Å². The summed E-state index contributed by atoms with van der Waals surface area (Å²) >= 11 is 0. The first-order valence-electron chi connectivity index (χ1n) is 14.5. The predicted molar refractivity (Wildman–Crippen MR) is 181 cm³/mol. The van der Waals surface area contributed by atoms with Crippen molar-refractivity contribution in [1.82, 2.24) is 0 Å². The minimum atomic E-state index is 1.23. The average Bonchev–Trinajstić information content (AvgIpc) is 3.07. The first-order valence-corrected chi connectivity index (χ1v) is 14.5. The number of rotatable bonds is 4. The van der Waals surface area contributed by atoms with Crippen LogP contribution in [0.25, 0.3) is 76.8 Å². The average molecular weight is 533 g/mol. The van der Waals surface area contributed by atoms with Crippen LogP contribution >= 0.6 is 0 Å². The van der Waals surface area contributed by atoms with Crippen molar-refractivity contribution < 1.29 is 0 Å². The Balaban J connectivity index is 1.38. The van der Waals surface area contributed by atoms with Crippen molar-refractivity contribution in [1.29, 1.82) is 0 Å². The van der Waals surface area contributed by atoms with E-state index in [1.807, 2.05) is 0 Å². The molecule has 8 aromatic carbocycles. The summed E-state index contributed by atoms with van der Waals surface area (Å²) in [6.07, 6.45) is 0. The van der Waals surface area contributed by atoms with E-state index in [2.05, 4.69) is 170 Å². The molecule has 0 amide bonds. The minimum absolute atomic E-state index is 1.23. The monoisotopic (exact) mass is 532 g/mol. The molecule has 0 heterocycles. The smallest absolute Gasteiger partial charge is 0.00262 e. The summed E-state index contributed by atoms with van der Waals surface area (Å²) in [5.41, 5.74) is 9.99. The maximum atomic E-state index is 2.37. The van der Waals surface area contributed by atoms with Crippen LogP contribution in [0.5, 0.6) is 0 Å². The van der Waals surface area contributed by atoms with Gasteiger partial charge in [0.1, 0.15) is 0 Å². The minimum Gasteiger partial charge on any atom is -0.0622 e. The molecule has 42 heavy (non-hydrogen) atoms. The Bertz CT molecular complexity index is 2170. The molecule has 0 fully saturated rings. The Morgan fingerprint density at radius 2 is 0.595 bits per heavy atom. The van der Waals surface area contributed by atoms with E-state index in [4.69, 9.17) is 0 Å².